The molecule has 1 saturated heterocycles. The Morgan fingerprint density at radius 3 is 2.57 bits per heavy atom. The number of nitrogens with zero attached hydrogens (tertiary/aromatic N) is 3. The Morgan fingerprint density at radius 2 is 1.90 bits per heavy atom. The molecule has 2 amide bonds. The van der Waals surface area contributed by atoms with Crippen LogP contribution in [0, 0.1) is 11.8 Å². The zero-order valence-electron chi connectivity index (χ0n) is 18.0. The van der Waals surface area contributed by atoms with Gasteiger partial charge in [0.25, 0.3) is 0 Å². The lowest BCUT2D eigenvalue weighted by molar-refractivity contribution is -0.132. The quantitative estimate of drug-likeness (QED) is 0.714. The number of benzene rings is 1. The molecule has 1 aliphatic carbocycles. The summed E-state index contributed by atoms with van der Waals surface area (Å²) < 4.78 is 27.3. The first-order valence-electron chi connectivity index (χ1n) is 10.9. The molecule has 2 aliphatic heterocycles. The van der Waals surface area contributed by atoms with E-state index in [0.717, 1.165) is 41.2 Å². The highest BCUT2D eigenvalue weighted by molar-refractivity contribution is 7.89. The van der Waals surface area contributed by atoms with Crippen LogP contribution in [0.15, 0.2) is 23.1 Å². The fourth-order valence-electron chi connectivity index (χ4n) is 4.60. The molecule has 7 nitrogen and oxygen atoms in total. The molecule has 30 heavy (non-hydrogen) atoms. The first-order chi connectivity index (χ1) is 14.2. The van der Waals surface area contributed by atoms with Gasteiger partial charge in [0, 0.05) is 37.8 Å². The van der Waals surface area contributed by atoms with E-state index in [4.69, 9.17) is 0 Å². The standard InChI is InChI=1S/C22H31N3O4S/c1-15-5-4-10-24(13-15)21(26)14-23(3)30(28,29)19-8-9-20-18(12-19)11-16(2)25(20)22(27)17-6-7-17/h8-9,12,15-17H,4-7,10-11,13-14H2,1-3H3/t15-,16+/m1/s1. The molecule has 0 N–H and O–H groups in total. The number of hydrogen-bond donors (Lipinski definition) is 0. The number of hydrogen-bond acceptors (Lipinski definition) is 4. The van der Waals surface area contributed by atoms with Gasteiger partial charge in [-0.15, -0.1) is 0 Å². The molecule has 2 atom stereocenters. The molecule has 2 heterocycles. The van der Waals surface area contributed by atoms with E-state index in [1.807, 2.05) is 11.8 Å². The maximum atomic E-state index is 13.1. The lowest BCUT2D eigenvalue weighted by Gasteiger charge is -2.32. The van der Waals surface area contributed by atoms with Crippen LogP contribution in [0.1, 0.15) is 45.1 Å². The molecule has 4 rings (SSSR count). The van der Waals surface area contributed by atoms with Crippen molar-refractivity contribution >= 4 is 27.5 Å². The Hall–Kier alpha value is -1.93. The molecule has 1 saturated carbocycles. The number of sulfonamides is 1. The van der Waals surface area contributed by atoms with E-state index in [1.54, 1.807) is 23.1 Å². The maximum Gasteiger partial charge on any atom is 0.243 e. The van der Waals surface area contributed by atoms with E-state index < -0.39 is 10.0 Å². The summed E-state index contributed by atoms with van der Waals surface area (Å²) in [5.74, 6) is 0.569. The lowest BCUT2D eigenvalue weighted by Crippen LogP contribution is -2.45. The van der Waals surface area contributed by atoms with Gasteiger partial charge in [0.05, 0.1) is 11.4 Å². The van der Waals surface area contributed by atoms with E-state index in [0.29, 0.717) is 25.4 Å². The average molecular weight is 434 g/mol. The average Bonchev–Trinajstić information content (AvgIpc) is 3.49. The van der Waals surface area contributed by atoms with Gasteiger partial charge in [-0.2, -0.15) is 4.31 Å². The van der Waals surface area contributed by atoms with E-state index in [9.17, 15) is 18.0 Å². The van der Waals surface area contributed by atoms with Crippen molar-refractivity contribution < 1.29 is 18.0 Å². The van der Waals surface area contributed by atoms with Crippen molar-refractivity contribution in [2.45, 2.75) is 56.9 Å². The van der Waals surface area contributed by atoms with Gasteiger partial charge < -0.3 is 9.80 Å². The van der Waals surface area contributed by atoms with Crippen molar-refractivity contribution in [1.29, 1.82) is 0 Å². The smallest absolute Gasteiger partial charge is 0.243 e. The molecule has 8 heteroatoms. The molecule has 164 valence electrons. The Balaban J connectivity index is 1.50. The van der Waals surface area contributed by atoms with Crippen LogP contribution in [0.2, 0.25) is 0 Å². The highest BCUT2D eigenvalue weighted by Crippen LogP contribution is 2.39. The summed E-state index contributed by atoms with van der Waals surface area (Å²) >= 11 is 0. The fourth-order valence-corrected chi connectivity index (χ4v) is 5.77. The Bertz CT molecular complexity index is 957. The minimum atomic E-state index is -3.78. The van der Waals surface area contributed by atoms with Crippen molar-refractivity contribution in [3.63, 3.8) is 0 Å². The molecule has 1 aromatic rings. The predicted octanol–water partition coefficient (Wildman–Crippen LogP) is 2.25. The first-order valence-corrected chi connectivity index (χ1v) is 12.3. The summed E-state index contributed by atoms with van der Waals surface area (Å²) in [5, 5.41) is 0. The van der Waals surface area contributed by atoms with Gasteiger partial charge in [0.1, 0.15) is 0 Å². The van der Waals surface area contributed by atoms with Crippen LogP contribution in [0.25, 0.3) is 0 Å². The van der Waals surface area contributed by atoms with Crippen LogP contribution < -0.4 is 4.90 Å². The highest BCUT2D eigenvalue weighted by Gasteiger charge is 2.40. The molecular formula is C22H31N3O4S. The van der Waals surface area contributed by atoms with Crippen molar-refractivity contribution in [2.24, 2.45) is 11.8 Å². The largest absolute Gasteiger partial charge is 0.341 e. The van der Waals surface area contributed by atoms with Crippen LogP contribution in [0.4, 0.5) is 5.69 Å². The van der Waals surface area contributed by atoms with Gasteiger partial charge in [-0.1, -0.05) is 6.92 Å². The minimum Gasteiger partial charge on any atom is -0.341 e. The summed E-state index contributed by atoms with van der Waals surface area (Å²) in [7, 11) is -2.33. The van der Waals surface area contributed by atoms with Gasteiger partial charge in [0.15, 0.2) is 0 Å². The summed E-state index contributed by atoms with van der Waals surface area (Å²) in [6, 6.07) is 5.01. The number of piperidine rings is 1. The molecule has 0 radical (unpaired) electrons. The van der Waals surface area contributed by atoms with Gasteiger partial charge in [-0.3, -0.25) is 9.59 Å². The number of anilines is 1. The van der Waals surface area contributed by atoms with Crippen LogP contribution >= 0.6 is 0 Å². The summed E-state index contributed by atoms with van der Waals surface area (Å²) in [6.07, 6.45) is 4.59. The summed E-state index contributed by atoms with van der Waals surface area (Å²) in [4.78, 5) is 29.0. The van der Waals surface area contributed by atoms with Crippen LogP contribution in [0.5, 0.6) is 0 Å². The van der Waals surface area contributed by atoms with Crippen molar-refractivity contribution in [2.75, 3.05) is 31.6 Å². The molecule has 0 bridgehead atoms. The van der Waals surface area contributed by atoms with Gasteiger partial charge in [-0.25, -0.2) is 8.42 Å². The Labute approximate surface area is 179 Å². The molecule has 0 unspecified atom stereocenters. The normalized spacial score (nSPS) is 24.3. The third-order valence-electron chi connectivity index (χ3n) is 6.51. The number of rotatable bonds is 5. The van der Waals surface area contributed by atoms with Gasteiger partial charge in [0.2, 0.25) is 21.8 Å². The number of carbonyl (C=O) groups excluding carboxylic acids is 2. The second kappa shape index (κ2) is 7.96. The van der Waals surface area contributed by atoms with Gasteiger partial charge in [-0.05, 0) is 68.7 Å². The van der Waals surface area contributed by atoms with Crippen molar-refractivity contribution in [3.05, 3.63) is 23.8 Å². The second-order valence-electron chi connectivity index (χ2n) is 9.17. The number of fused-ring (bicyclic) bond motifs is 1. The number of amides is 2. The van der Waals surface area contributed by atoms with E-state index in [-0.39, 0.29) is 35.2 Å². The van der Waals surface area contributed by atoms with Crippen molar-refractivity contribution in [1.82, 2.24) is 9.21 Å². The summed E-state index contributed by atoms with van der Waals surface area (Å²) in [6.45, 7) is 5.34. The maximum absolute atomic E-state index is 13.1. The third kappa shape index (κ3) is 3.99. The highest BCUT2D eigenvalue weighted by atomic mass is 32.2. The lowest BCUT2D eigenvalue weighted by atomic mass is 10.0. The molecular weight excluding hydrogens is 402 g/mol. The zero-order chi connectivity index (χ0) is 21.6. The zero-order valence-corrected chi connectivity index (χ0v) is 18.8. The van der Waals surface area contributed by atoms with Crippen LogP contribution in [-0.4, -0.2) is 62.2 Å². The number of likely N-dealkylation sites (N-methyl/N-ethyl adjacent to an activating group) is 1. The molecule has 0 spiro atoms. The van der Waals surface area contributed by atoms with Crippen LogP contribution in [-0.2, 0) is 26.0 Å². The first kappa shape index (κ1) is 21.3. The Kier molecular flexibility index (Phi) is 5.66. The minimum absolute atomic E-state index is 0.0338. The number of carbonyl (C=O) groups is 2. The van der Waals surface area contributed by atoms with E-state index in [1.165, 1.54) is 7.05 Å². The van der Waals surface area contributed by atoms with E-state index >= 15 is 0 Å². The number of likely N-dealkylation sites (tertiary alicyclic amines) is 1. The third-order valence-corrected chi connectivity index (χ3v) is 8.31. The molecule has 1 aromatic carbocycles. The predicted molar refractivity (Wildman–Crippen MR) is 115 cm³/mol. The summed E-state index contributed by atoms with van der Waals surface area (Å²) in [5.41, 5.74) is 1.70. The topological polar surface area (TPSA) is 78.0 Å². The van der Waals surface area contributed by atoms with E-state index in [2.05, 4.69) is 6.92 Å². The monoisotopic (exact) mass is 433 g/mol. The van der Waals surface area contributed by atoms with Crippen molar-refractivity contribution in [3.8, 4) is 0 Å². The molecule has 3 aliphatic rings. The second-order valence-corrected chi connectivity index (χ2v) is 11.2. The SMILES string of the molecule is C[C@@H]1CCCN(C(=O)CN(C)S(=O)(=O)c2ccc3c(c2)C[C@H](C)N3C(=O)C2CC2)C1. The Morgan fingerprint density at radius 1 is 1.17 bits per heavy atom. The van der Waals surface area contributed by atoms with Gasteiger partial charge >= 0.3 is 0 Å². The molecule has 2 fully saturated rings. The van der Waals surface area contributed by atoms with Crippen LogP contribution in [0.3, 0.4) is 0 Å². The fraction of sp³-hybridized carbons (Fsp3) is 0.636. The molecule has 0 aromatic heterocycles.